The molecular weight excluding hydrogens is 242 g/mol. The van der Waals surface area contributed by atoms with Gasteiger partial charge in [0.2, 0.25) is 5.91 Å². The zero-order chi connectivity index (χ0) is 13.7. The molecule has 0 fully saturated rings. The summed E-state index contributed by atoms with van der Waals surface area (Å²) >= 11 is 0. The summed E-state index contributed by atoms with van der Waals surface area (Å²) in [6.07, 6.45) is 7.76. The predicted octanol–water partition coefficient (Wildman–Crippen LogP) is 3.07. The molecule has 0 unspecified atom stereocenters. The predicted molar refractivity (Wildman–Crippen MR) is 73.1 cm³/mol. The maximum Gasteiger partial charge on any atom is 0.335 e. The number of benzene rings is 1. The average molecular weight is 259 g/mol. The Bertz CT molecular complexity index is 498. The quantitative estimate of drug-likeness (QED) is 0.820. The molecule has 100 valence electrons. The number of hydrogen-bond donors (Lipinski definition) is 2. The normalized spacial score (nSPS) is 15.8. The number of rotatable bonds is 3. The van der Waals surface area contributed by atoms with Crippen LogP contribution in [-0.2, 0) is 4.79 Å². The summed E-state index contributed by atoms with van der Waals surface area (Å²) in [7, 11) is 0. The lowest BCUT2D eigenvalue weighted by atomic mass is 9.99. The highest BCUT2D eigenvalue weighted by Gasteiger charge is 2.18. The molecule has 1 aromatic rings. The second-order valence-electron chi connectivity index (χ2n) is 4.70. The van der Waals surface area contributed by atoms with Crippen molar-refractivity contribution in [3.8, 4) is 0 Å². The van der Waals surface area contributed by atoms with Crippen molar-refractivity contribution < 1.29 is 14.7 Å². The first-order valence-electron chi connectivity index (χ1n) is 6.46. The Morgan fingerprint density at radius 2 is 1.84 bits per heavy atom. The number of carbonyl (C=O) groups excluding carboxylic acids is 1. The first kappa shape index (κ1) is 13.3. The highest BCUT2D eigenvalue weighted by molar-refractivity contribution is 5.95. The van der Waals surface area contributed by atoms with Gasteiger partial charge in [0.15, 0.2) is 0 Å². The molecule has 0 heterocycles. The molecule has 19 heavy (non-hydrogen) atoms. The van der Waals surface area contributed by atoms with Crippen molar-refractivity contribution in [3.63, 3.8) is 0 Å². The van der Waals surface area contributed by atoms with Crippen molar-refractivity contribution >= 4 is 17.6 Å². The molecule has 4 nitrogen and oxygen atoms in total. The molecule has 0 spiro atoms. The van der Waals surface area contributed by atoms with Crippen LogP contribution < -0.4 is 5.32 Å². The standard InChI is InChI=1S/C15H17NO3/c17-14(11-6-3-1-2-4-7-11)16-13-9-5-8-12(10-13)15(18)19/h1-2,5,8-11H,3-4,6-7H2,(H,16,17)(H,18,19). The Balaban J connectivity index is 2.02. The van der Waals surface area contributed by atoms with Crippen LogP contribution in [-0.4, -0.2) is 17.0 Å². The highest BCUT2D eigenvalue weighted by Crippen LogP contribution is 2.21. The van der Waals surface area contributed by atoms with Crippen molar-refractivity contribution in [2.24, 2.45) is 5.92 Å². The Hall–Kier alpha value is -2.10. The van der Waals surface area contributed by atoms with Gasteiger partial charge in [-0.1, -0.05) is 18.2 Å². The molecule has 1 aliphatic rings. The van der Waals surface area contributed by atoms with Gasteiger partial charge in [0.1, 0.15) is 0 Å². The number of hydrogen-bond acceptors (Lipinski definition) is 2. The smallest absolute Gasteiger partial charge is 0.335 e. The van der Waals surface area contributed by atoms with Crippen LogP contribution in [0.2, 0.25) is 0 Å². The first-order valence-corrected chi connectivity index (χ1v) is 6.46. The van der Waals surface area contributed by atoms with E-state index in [1.54, 1.807) is 12.1 Å². The second-order valence-corrected chi connectivity index (χ2v) is 4.70. The Morgan fingerprint density at radius 3 is 2.47 bits per heavy atom. The summed E-state index contributed by atoms with van der Waals surface area (Å²) in [5.41, 5.74) is 0.724. The van der Waals surface area contributed by atoms with Crippen molar-refractivity contribution in [2.75, 3.05) is 5.32 Å². The molecular formula is C15H17NO3. The van der Waals surface area contributed by atoms with Crippen molar-refractivity contribution in [1.82, 2.24) is 0 Å². The molecule has 0 saturated carbocycles. The number of aromatic carboxylic acids is 1. The van der Waals surface area contributed by atoms with Gasteiger partial charge in [0.05, 0.1) is 5.56 Å². The first-order chi connectivity index (χ1) is 9.16. The van der Waals surface area contributed by atoms with Crippen LogP contribution in [0.1, 0.15) is 36.0 Å². The van der Waals surface area contributed by atoms with E-state index in [-0.39, 0.29) is 17.4 Å². The van der Waals surface area contributed by atoms with E-state index in [9.17, 15) is 9.59 Å². The number of allylic oxidation sites excluding steroid dienone is 2. The molecule has 4 heteroatoms. The summed E-state index contributed by atoms with van der Waals surface area (Å²) in [6.45, 7) is 0. The third-order valence-electron chi connectivity index (χ3n) is 3.28. The molecule has 0 aliphatic heterocycles. The Kier molecular flexibility index (Phi) is 4.34. The number of nitrogens with one attached hydrogen (secondary N) is 1. The Morgan fingerprint density at radius 1 is 1.16 bits per heavy atom. The van der Waals surface area contributed by atoms with Crippen LogP contribution in [0.5, 0.6) is 0 Å². The van der Waals surface area contributed by atoms with Gasteiger partial charge in [-0.3, -0.25) is 4.79 Å². The van der Waals surface area contributed by atoms with Crippen LogP contribution >= 0.6 is 0 Å². The van der Waals surface area contributed by atoms with E-state index in [1.165, 1.54) is 12.1 Å². The van der Waals surface area contributed by atoms with E-state index in [2.05, 4.69) is 17.5 Å². The minimum Gasteiger partial charge on any atom is -0.478 e. The summed E-state index contributed by atoms with van der Waals surface area (Å²) in [4.78, 5) is 23.0. The van der Waals surface area contributed by atoms with Crippen molar-refractivity contribution in [3.05, 3.63) is 42.0 Å². The molecule has 2 rings (SSSR count). The zero-order valence-electron chi connectivity index (χ0n) is 10.6. The van der Waals surface area contributed by atoms with Gasteiger partial charge in [-0.25, -0.2) is 4.79 Å². The molecule has 1 amide bonds. The number of amides is 1. The molecule has 1 aliphatic carbocycles. The van der Waals surface area contributed by atoms with Crippen LogP contribution in [0.4, 0.5) is 5.69 Å². The van der Waals surface area contributed by atoms with E-state index in [0.29, 0.717) is 5.69 Å². The van der Waals surface area contributed by atoms with Crippen molar-refractivity contribution in [1.29, 1.82) is 0 Å². The SMILES string of the molecule is O=C(O)c1cccc(NC(=O)C2CCC=CCC2)c1. The largest absolute Gasteiger partial charge is 0.478 e. The van der Waals surface area contributed by atoms with Gasteiger partial charge in [0.25, 0.3) is 0 Å². The van der Waals surface area contributed by atoms with Gasteiger partial charge >= 0.3 is 5.97 Å². The van der Waals surface area contributed by atoms with Gasteiger partial charge in [-0.05, 0) is 43.9 Å². The van der Waals surface area contributed by atoms with Crippen LogP contribution in [0.3, 0.4) is 0 Å². The topological polar surface area (TPSA) is 66.4 Å². The number of carbonyl (C=O) groups is 2. The van der Waals surface area contributed by atoms with E-state index in [0.717, 1.165) is 25.7 Å². The lowest BCUT2D eigenvalue weighted by Crippen LogP contribution is -2.22. The zero-order valence-corrected chi connectivity index (χ0v) is 10.6. The number of carboxylic acids is 1. The van der Waals surface area contributed by atoms with Crippen LogP contribution in [0.15, 0.2) is 36.4 Å². The second kappa shape index (κ2) is 6.18. The maximum absolute atomic E-state index is 12.1. The van der Waals surface area contributed by atoms with Gasteiger partial charge in [-0.15, -0.1) is 0 Å². The molecule has 0 aromatic heterocycles. The highest BCUT2D eigenvalue weighted by atomic mass is 16.4. The summed E-state index contributed by atoms with van der Waals surface area (Å²) < 4.78 is 0. The average Bonchev–Trinajstić information content (AvgIpc) is 2.68. The molecule has 1 aromatic carbocycles. The third kappa shape index (κ3) is 3.68. The molecule has 0 saturated heterocycles. The van der Waals surface area contributed by atoms with E-state index in [4.69, 9.17) is 5.11 Å². The van der Waals surface area contributed by atoms with Gasteiger partial charge < -0.3 is 10.4 Å². The minimum atomic E-state index is -0.991. The van der Waals surface area contributed by atoms with Crippen molar-refractivity contribution in [2.45, 2.75) is 25.7 Å². The molecule has 2 N–H and O–H groups in total. The fraction of sp³-hybridized carbons (Fsp3) is 0.333. The Labute approximate surface area is 112 Å². The molecule has 0 bridgehead atoms. The lowest BCUT2D eigenvalue weighted by Gasteiger charge is -2.14. The fourth-order valence-electron chi connectivity index (χ4n) is 2.21. The fourth-order valence-corrected chi connectivity index (χ4v) is 2.21. The maximum atomic E-state index is 12.1. The van der Waals surface area contributed by atoms with Gasteiger partial charge in [-0.2, -0.15) is 0 Å². The minimum absolute atomic E-state index is 0.00323. The third-order valence-corrected chi connectivity index (χ3v) is 3.28. The summed E-state index contributed by atoms with van der Waals surface area (Å²) in [5.74, 6) is -1.01. The summed E-state index contributed by atoms with van der Waals surface area (Å²) in [6, 6.07) is 6.33. The van der Waals surface area contributed by atoms with E-state index >= 15 is 0 Å². The number of carboxylic acid groups (broad SMARTS) is 1. The summed E-state index contributed by atoms with van der Waals surface area (Å²) in [5, 5.41) is 11.7. The van der Waals surface area contributed by atoms with Crippen LogP contribution in [0.25, 0.3) is 0 Å². The van der Waals surface area contributed by atoms with E-state index < -0.39 is 5.97 Å². The molecule has 0 atom stereocenters. The molecule has 0 radical (unpaired) electrons. The monoisotopic (exact) mass is 259 g/mol. The lowest BCUT2D eigenvalue weighted by molar-refractivity contribution is -0.120. The van der Waals surface area contributed by atoms with Gasteiger partial charge in [0, 0.05) is 11.6 Å². The number of anilines is 1. The van der Waals surface area contributed by atoms with Crippen LogP contribution in [0, 0.1) is 5.92 Å². The van der Waals surface area contributed by atoms with E-state index in [1.807, 2.05) is 0 Å².